The minimum absolute atomic E-state index is 0.0822. The summed E-state index contributed by atoms with van der Waals surface area (Å²) in [5.41, 5.74) is 0. The van der Waals surface area contributed by atoms with Crippen LogP contribution in [-0.4, -0.2) is 38.5 Å². The van der Waals surface area contributed by atoms with Crippen molar-refractivity contribution >= 4 is 15.9 Å². The minimum Gasteiger partial charge on any atom is -0.338 e. The molecular formula is C18H36N2O3S. The zero-order valence-corrected chi connectivity index (χ0v) is 16.1. The Morgan fingerprint density at radius 2 is 1.46 bits per heavy atom. The van der Waals surface area contributed by atoms with Gasteiger partial charge in [-0.3, -0.25) is 0 Å². The first-order valence-corrected chi connectivity index (χ1v) is 11.6. The number of carbonyl (C=O) groups excluding carboxylic acids is 1. The lowest BCUT2D eigenvalue weighted by atomic mass is 10.1. The number of carbonyl (C=O) groups is 1. The molecule has 0 radical (unpaired) electrons. The van der Waals surface area contributed by atoms with E-state index in [9.17, 15) is 13.2 Å². The van der Waals surface area contributed by atoms with Crippen molar-refractivity contribution < 1.29 is 13.2 Å². The zero-order chi connectivity index (χ0) is 17.7. The summed E-state index contributed by atoms with van der Waals surface area (Å²) in [7, 11) is -2.93. The highest BCUT2D eigenvalue weighted by Gasteiger charge is 2.28. The Labute approximate surface area is 148 Å². The van der Waals surface area contributed by atoms with Crippen LogP contribution in [-0.2, 0) is 9.84 Å². The Kier molecular flexibility index (Phi) is 11.1. The number of hydrogen-bond acceptors (Lipinski definition) is 3. The smallest absolute Gasteiger partial charge is 0.315 e. The van der Waals surface area contributed by atoms with Gasteiger partial charge < -0.3 is 10.6 Å². The second-order valence-electron chi connectivity index (χ2n) is 7.04. The molecule has 1 heterocycles. The molecule has 6 heteroatoms. The van der Waals surface area contributed by atoms with Crippen LogP contribution in [0.2, 0.25) is 0 Å². The van der Waals surface area contributed by atoms with Gasteiger partial charge in [0.1, 0.15) is 0 Å². The number of urea groups is 1. The van der Waals surface area contributed by atoms with Crippen LogP contribution in [0.5, 0.6) is 0 Å². The van der Waals surface area contributed by atoms with Crippen molar-refractivity contribution in [1.29, 1.82) is 0 Å². The topological polar surface area (TPSA) is 75.3 Å². The molecule has 1 unspecified atom stereocenters. The van der Waals surface area contributed by atoms with Crippen molar-refractivity contribution in [2.75, 3.05) is 18.1 Å². The van der Waals surface area contributed by atoms with Crippen molar-refractivity contribution in [1.82, 2.24) is 10.6 Å². The molecule has 0 saturated carbocycles. The summed E-state index contributed by atoms with van der Waals surface area (Å²) in [5.74, 6) is 0.273. The molecule has 2 amide bonds. The van der Waals surface area contributed by atoms with Gasteiger partial charge in [0, 0.05) is 12.6 Å². The molecule has 0 bridgehead atoms. The fraction of sp³-hybridized carbons (Fsp3) is 0.944. The van der Waals surface area contributed by atoms with Crippen LogP contribution in [0.25, 0.3) is 0 Å². The van der Waals surface area contributed by atoms with Gasteiger partial charge in [0.15, 0.2) is 9.84 Å². The fourth-order valence-electron chi connectivity index (χ4n) is 3.14. The molecule has 2 N–H and O–H groups in total. The van der Waals surface area contributed by atoms with E-state index in [1.807, 2.05) is 0 Å². The van der Waals surface area contributed by atoms with Gasteiger partial charge in [-0.05, 0) is 12.8 Å². The van der Waals surface area contributed by atoms with E-state index in [4.69, 9.17) is 0 Å². The third-order valence-electron chi connectivity index (χ3n) is 4.63. The first-order chi connectivity index (χ1) is 11.5. The standard InChI is InChI=1S/C18H36N2O3S/c1-2-3-4-5-6-7-8-9-10-11-12-14-19-18(21)20-17-13-15-24(22,23)16-17/h17H,2-16H2,1H3,(H2,19,20,21). The molecule has 1 rings (SSSR count). The molecule has 0 aromatic heterocycles. The Balaban J connectivity index is 1.84. The molecule has 0 aliphatic carbocycles. The first-order valence-electron chi connectivity index (χ1n) is 9.78. The number of amides is 2. The Morgan fingerprint density at radius 3 is 1.96 bits per heavy atom. The van der Waals surface area contributed by atoms with Gasteiger partial charge >= 0.3 is 6.03 Å². The van der Waals surface area contributed by atoms with Gasteiger partial charge in [0.05, 0.1) is 11.5 Å². The highest BCUT2D eigenvalue weighted by Crippen LogP contribution is 2.12. The first kappa shape index (κ1) is 21.3. The van der Waals surface area contributed by atoms with E-state index < -0.39 is 9.84 Å². The predicted octanol–water partition coefficient (Wildman–Crippen LogP) is 3.78. The van der Waals surface area contributed by atoms with Crippen molar-refractivity contribution in [3.05, 3.63) is 0 Å². The summed E-state index contributed by atoms with van der Waals surface area (Å²) in [6.07, 6.45) is 14.7. The van der Waals surface area contributed by atoms with E-state index in [1.165, 1.54) is 57.8 Å². The summed E-state index contributed by atoms with van der Waals surface area (Å²) >= 11 is 0. The van der Waals surface area contributed by atoms with Crippen molar-refractivity contribution in [2.45, 2.75) is 90.0 Å². The summed E-state index contributed by atoms with van der Waals surface area (Å²) in [5, 5.41) is 5.57. The van der Waals surface area contributed by atoms with Crippen LogP contribution >= 0.6 is 0 Å². The van der Waals surface area contributed by atoms with Crippen LogP contribution < -0.4 is 10.6 Å². The molecule has 0 spiro atoms. The van der Waals surface area contributed by atoms with Crippen LogP contribution in [0.4, 0.5) is 4.79 Å². The van der Waals surface area contributed by atoms with Crippen molar-refractivity contribution in [3.63, 3.8) is 0 Å². The average Bonchev–Trinajstić information content (AvgIpc) is 2.87. The molecule has 1 aliphatic rings. The van der Waals surface area contributed by atoms with E-state index in [1.54, 1.807) is 0 Å². The highest BCUT2D eigenvalue weighted by molar-refractivity contribution is 7.91. The fourth-order valence-corrected chi connectivity index (χ4v) is 4.81. The van der Waals surface area contributed by atoms with Gasteiger partial charge in [-0.25, -0.2) is 13.2 Å². The summed E-state index contributed by atoms with van der Waals surface area (Å²) in [6, 6.07) is -0.448. The lowest BCUT2D eigenvalue weighted by Crippen LogP contribution is -2.42. The van der Waals surface area contributed by atoms with E-state index in [2.05, 4.69) is 17.6 Å². The third-order valence-corrected chi connectivity index (χ3v) is 6.40. The maximum atomic E-state index is 11.7. The third kappa shape index (κ3) is 10.9. The Morgan fingerprint density at radius 1 is 0.917 bits per heavy atom. The number of nitrogens with one attached hydrogen (secondary N) is 2. The van der Waals surface area contributed by atoms with Crippen molar-refractivity contribution in [3.8, 4) is 0 Å². The van der Waals surface area contributed by atoms with Crippen molar-refractivity contribution in [2.24, 2.45) is 0 Å². The molecule has 1 aliphatic heterocycles. The molecular weight excluding hydrogens is 324 g/mol. The second kappa shape index (κ2) is 12.6. The highest BCUT2D eigenvalue weighted by atomic mass is 32.2. The number of unbranched alkanes of at least 4 members (excludes halogenated alkanes) is 10. The molecule has 5 nitrogen and oxygen atoms in total. The predicted molar refractivity (Wildman–Crippen MR) is 100 cm³/mol. The largest absolute Gasteiger partial charge is 0.338 e. The molecule has 1 fully saturated rings. The van der Waals surface area contributed by atoms with Gasteiger partial charge in [-0.15, -0.1) is 0 Å². The maximum Gasteiger partial charge on any atom is 0.315 e. The lowest BCUT2D eigenvalue weighted by molar-refractivity contribution is 0.238. The van der Waals surface area contributed by atoms with Crippen LogP contribution in [0, 0.1) is 0 Å². The number of sulfone groups is 1. The molecule has 24 heavy (non-hydrogen) atoms. The van der Waals surface area contributed by atoms with Gasteiger partial charge in [0.25, 0.3) is 0 Å². The Hall–Kier alpha value is -0.780. The SMILES string of the molecule is CCCCCCCCCCCCCNC(=O)NC1CCS(=O)(=O)C1. The van der Waals surface area contributed by atoms with E-state index in [0.29, 0.717) is 13.0 Å². The molecule has 0 aromatic carbocycles. The van der Waals surface area contributed by atoms with Crippen LogP contribution in [0.3, 0.4) is 0 Å². The van der Waals surface area contributed by atoms with Gasteiger partial charge in [-0.2, -0.15) is 0 Å². The summed E-state index contributed by atoms with van der Waals surface area (Å²) < 4.78 is 22.6. The molecule has 142 valence electrons. The van der Waals surface area contributed by atoms with E-state index >= 15 is 0 Å². The summed E-state index contributed by atoms with van der Waals surface area (Å²) in [6.45, 7) is 2.92. The molecule has 0 aromatic rings. The number of rotatable bonds is 13. The maximum absolute atomic E-state index is 11.7. The Bertz CT molecular complexity index is 438. The normalized spacial score (nSPS) is 19.3. The average molecular weight is 361 g/mol. The number of hydrogen-bond donors (Lipinski definition) is 2. The quantitative estimate of drug-likeness (QED) is 0.491. The summed E-state index contributed by atoms with van der Waals surface area (Å²) in [4.78, 5) is 11.7. The monoisotopic (exact) mass is 360 g/mol. The lowest BCUT2D eigenvalue weighted by Gasteiger charge is -2.11. The van der Waals surface area contributed by atoms with Crippen LogP contribution in [0.15, 0.2) is 0 Å². The van der Waals surface area contributed by atoms with Gasteiger partial charge in [-0.1, -0.05) is 71.1 Å². The minimum atomic E-state index is -2.93. The van der Waals surface area contributed by atoms with E-state index in [-0.39, 0.29) is 23.6 Å². The van der Waals surface area contributed by atoms with Gasteiger partial charge in [0.2, 0.25) is 0 Å². The zero-order valence-electron chi connectivity index (χ0n) is 15.3. The molecule has 1 saturated heterocycles. The second-order valence-corrected chi connectivity index (χ2v) is 9.26. The van der Waals surface area contributed by atoms with Crippen LogP contribution in [0.1, 0.15) is 84.0 Å². The molecule has 1 atom stereocenters. The van der Waals surface area contributed by atoms with E-state index in [0.717, 1.165) is 12.8 Å².